The van der Waals surface area contributed by atoms with E-state index in [2.05, 4.69) is 4.98 Å². The Morgan fingerprint density at radius 3 is 2.32 bits per heavy atom. The molecular weight excluding hydrogens is 344 g/mol. The summed E-state index contributed by atoms with van der Waals surface area (Å²) in [6, 6.07) is 12.6. The molecule has 1 aromatic heterocycles. The number of benzene rings is 2. The number of nitrogens with zero attached hydrogens (tertiary/aromatic N) is 2. The number of rotatable bonds is 2. The molecule has 0 aliphatic carbocycles. The van der Waals surface area contributed by atoms with Crippen molar-refractivity contribution >= 4 is 40.3 Å². The molecule has 2 aromatic carbocycles. The highest BCUT2D eigenvalue weighted by Gasteiger charge is 2.39. The van der Waals surface area contributed by atoms with Gasteiger partial charge in [0.1, 0.15) is 0 Å². The van der Waals surface area contributed by atoms with Crippen LogP contribution in [0.4, 0.5) is 0 Å². The summed E-state index contributed by atoms with van der Waals surface area (Å²) in [7, 11) is 0. The van der Waals surface area contributed by atoms with Gasteiger partial charge in [-0.1, -0.05) is 34.9 Å². The lowest BCUT2D eigenvalue weighted by Gasteiger charge is -2.13. The predicted molar refractivity (Wildman–Crippen MR) is 89.1 cm³/mol. The first-order valence-corrected chi connectivity index (χ1v) is 7.69. The number of fused-ring (bicyclic) bond motifs is 2. The Kier molecular flexibility index (Phi) is 3.47. The largest absolute Gasteiger partial charge is 0.364 e. The Labute approximate surface area is 146 Å². The summed E-state index contributed by atoms with van der Waals surface area (Å²) in [6.45, 7) is 0. The number of carbonyl (C=O) groups is 3. The van der Waals surface area contributed by atoms with Gasteiger partial charge in [-0.3, -0.25) is 14.6 Å². The fourth-order valence-corrected chi connectivity index (χ4v) is 2.91. The molecule has 0 spiro atoms. The maximum absolute atomic E-state index is 12.5. The van der Waals surface area contributed by atoms with Gasteiger partial charge >= 0.3 is 5.97 Å². The molecule has 0 N–H and O–H groups in total. The van der Waals surface area contributed by atoms with Crippen molar-refractivity contribution in [2.75, 3.05) is 0 Å². The summed E-state index contributed by atoms with van der Waals surface area (Å²) in [5.74, 6) is -2.19. The third-order valence-electron chi connectivity index (χ3n) is 3.87. The third-order valence-corrected chi connectivity index (χ3v) is 4.18. The molecule has 0 bridgehead atoms. The molecule has 0 unspecified atom stereocenters. The van der Waals surface area contributed by atoms with E-state index in [0.29, 0.717) is 21.0 Å². The fraction of sp³-hybridized carbons (Fsp3) is 0. The molecule has 4 rings (SSSR count). The SMILES string of the molecule is O=C(ON1C(=O)c2ccccc2C1=O)c1ccc(Cl)c2ncccc12. The second-order valence-corrected chi connectivity index (χ2v) is 5.73. The van der Waals surface area contributed by atoms with Crippen molar-refractivity contribution in [1.82, 2.24) is 10.0 Å². The number of carbonyl (C=O) groups excluding carboxylic acids is 3. The van der Waals surface area contributed by atoms with Gasteiger partial charge in [0.2, 0.25) is 0 Å². The zero-order valence-corrected chi connectivity index (χ0v) is 13.4. The van der Waals surface area contributed by atoms with Gasteiger partial charge in [-0.15, -0.1) is 0 Å². The van der Waals surface area contributed by atoms with Crippen LogP contribution in [0, 0.1) is 0 Å². The van der Waals surface area contributed by atoms with Crippen molar-refractivity contribution < 1.29 is 19.2 Å². The minimum atomic E-state index is -0.843. The lowest BCUT2D eigenvalue weighted by atomic mass is 10.1. The first-order valence-electron chi connectivity index (χ1n) is 7.31. The molecule has 0 saturated heterocycles. The van der Waals surface area contributed by atoms with E-state index in [1.807, 2.05) is 0 Å². The number of hydrogen-bond donors (Lipinski definition) is 0. The minimum absolute atomic E-state index is 0.157. The van der Waals surface area contributed by atoms with Crippen LogP contribution in [0.5, 0.6) is 0 Å². The van der Waals surface area contributed by atoms with Crippen LogP contribution < -0.4 is 0 Å². The van der Waals surface area contributed by atoms with Crippen LogP contribution in [-0.2, 0) is 4.84 Å². The molecule has 6 nitrogen and oxygen atoms in total. The van der Waals surface area contributed by atoms with E-state index >= 15 is 0 Å². The fourth-order valence-electron chi connectivity index (χ4n) is 2.70. The molecule has 7 heteroatoms. The zero-order valence-electron chi connectivity index (χ0n) is 12.6. The normalized spacial score (nSPS) is 13.2. The molecule has 122 valence electrons. The molecule has 0 fully saturated rings. The summed E-state index contributed by atoms with van der Waals surface area (Å²) in [6.07, 6.45) is 1.55. The second kappa shape index (κ2) is 5.68. The molecule has 1 aliphatic rings. The van der Waals surface area contributed by atoms with Gasteiger partial charge in [0, 0.05) is 11.6 Å². The van der Waals surface area contributed by atoms with Gasteiger partial charge in [0.05, 0.1) is 27.2 Å². The summed E-state index contributed by atoms with van der Waals surface area (Å²) < 4.78 is 0. The van der Waals surface area contributed by atoms with Crippen molar-refractivity contribution in [1.29, 1.82) is 0 Å². The Hall–Kier alpha value is -3.25. The van der Waals surface area contributed by atoms with Gasteiger partial charge < -0.3 is 4.84 Å². The molecular formula is C18H9ClN2O4. The average Bonchev–Trinajstić information content (AvgIpc) is 2.87. The monoisotopic (exact) mass is 352 g/mol. The van der Waals surface area contributed by atoms with Crippen molar-refractivity contribution in [3.8, 4) is 0 Å². The maximum Gasteiger partial charge on any atom is 0.364 e. The standard InChI is InChI=1S/C18H9ClN2O4/c19-14-8-7-13(10-6-3-9-20-15(10)14)18(24)25-21-16(22)11-4-1-2-5-12(11)17(21)23/h1-9H. The minimum Gasteiger partial charge on any atom is -0.324 e. The molecule has 25 heavy (non-hydrogen) atoms. The van der Waals surface area contributed by atoms with Crippen LogP contribution in [0.1, 0.15) is 31.1 Å². The van der Waals surface area contributed by atoms with Gasteiger partial charge in [-0.25, -0.2) is 4.79 Å². The van der Waals surface area contributed by atoms with Crippen molar-refractivity contribution in [3.63, 3.8) is 0 Å². The highest BCUT2D eigenvalue weighted by molar-refractivity contribution is 6.35. The highest BCUT2D eigenvalue weighted by atomic mass is 35.5. The molecule has 0 saturated carbocycles. The highest BCUT2D eigenvalue weighted by Crippen LogP contribution is 2.27. The number of amides is 2. The molecule has 1 aliphatic heterocycles. The first-order chi connectivity index (χ1) is 12.1. The number of pyridine rings is 1. The number of hydrogen-bond acceptors (Lipinski definition) is 5. The Morgan fingerprint density at radius 2 is 1.64 bits per heavy atom. The summed E-state index contributed by atoms with van der Waals surface area (Å²) >= 11 is 6.08. The second-order valence-electron chi connectivity index (χ2n) is 5.32. The van der Waals surface area contributed by atoms with E-state index in [4.69, 9.17) is 16.4 Å². The van der Waals surface area contributed by atoms with E-state index in [1.54, 1.807) is 30.5 Å². The summed E-state index contributed by atoms with van der Waals surface area (Å²) in [4.78, 5) is 46.3. The summed E-state index contributed by atoms with van der Waals surface area (Å²) in [5.41, 5.74) is 0.982. The van der Waals surface area contributed by atoms with E-state index in [-0.39, 0.29) is 16.7 Å². The smallest absolute Gasteiger partial charge is 0.324 e. The molecule has 0 atom stereocenters. The van der Waals surface area contributed by atoms with E-state index < -0.39 is 17.8 Å². The Bertz CT molecular complexity index is 1030. The van der Waals surface area contributed by atoms with E-state index in [0.717, 1.165) is 0 Å². The molecule has 3 aromatic rings. The Morgan fingerprint density at radius 1 is 0.960 bits per heavy atom. The maximum atomic E-state index is 12.5. The number of halogens is 1. The third kappa shape index (κ3) is 2.35. The Balaban J connectivity index is 1.70. The lowest BCUT2D eigenvalue weighted by molar-refractivity contribution is -0.0583. The van der Waals surface area contributed by atoms with E-state index in [9.17, 15) is 14.4 Å². The van der Waals surface area contributed by atoms with Crippen molar-refractivity contribution in [2.24, 2.45) is 0 Å². The van der Waals surface area contributed by atoms with Crippen molar-refractivity contribution in [2.45, 2.75) is 0 Å². The van der Waals surface area contributed by atoms with Crippen LogP contribution in [-0.4, -0.2) is 27.8 Å². The van der Waals surface area contributed by atoms with Gasteiger partial charge in [0.15, 0.2) is 0 Å². The lowest BCUT2D eigenvalue weighted by Crippen LogP contribution is -2.32. The summed E-state index contributed by atoms with van der Waals surface area (Å²) in [5, 5.41) is 1.33. The average molecular weight is 353 g/mol. The van der Waals surface area contributed by atoms with Crippen LogP contribution in [0.3, 0.4) is 0 Å². The van der Waals surface area contributed by atoms with E-state index in [1.165, 1.54) is 24.3 Å². The van der Waals surface area contributed by atoms with Gasteiger partial charge in [-0.2, -0.15) is 0 Å². The van der Waals surface area contributed by atoms with Gasteiger partial charge in [-0.05, 0) is 30.3 Å². The topological polar surface area (TPSA) is 76.6 Å². The molecule has 2 heterocycles. The number of imide groups is 1. The molecule has 0 radical (unpaired) electrons. The van der Waals surface area contributed by atoms with Gasteiger partial charge in [0.25, 0.3) is 11.8 Å². The predicted octanol–water partition coefficient (Wildman–Crippen LogP) is 3.26. The number of hydroxylamine groups is 2. The van der Waals surface area contributed by atoms with Crippen LogP contribution in [0.15, 0.2) is 54.7 Å². The number of aromatic nitrogens is 1. The molecule has 2 amide bonds. The van der Waals surface area contributed by atoms with Crippen LogP contribution in [0.2, 0.25) is 5.02 Å². The zero-order chi connectivity index (χ0) is 17.6. The quantitative estimate of drug-likeness (QED) is 0.662. The van der Waals surface area contributed by atoms with Crippen molar-refractivity contribution in [3.05, 3.63) is 76.4 Å². The first kappa shape index (κ1) is 15.3. The van der Waals surface area contributed by atoms with Crippen LogP contribution in [0.25, 0.3) is 10.9 Å². The van der Waals surface area contributed by atoms with Crippen LogP contribution >= 0.6 is 11.6 Å².